The van der Waals surface area contributed by atoms with Crippen LogP contribution in [0.4, 0.5) is 5.69 Å². The molecule has 1 aromatic carbocycles. The van der Waals surface area contributed by atoms with Crippen LogP contribution in [0.2, 0.25) is 5.02 Å². The van der Waals surface area contributed by atoms with Crippen molar-refractivity contribution in [2.75, 3.05) is 20.1 Å². The van der Waals surface area contributed by atoms with E-state index in [9.17, 15) is 19.7 Å². The second kappa shape index (κ2) is 6.85. The highest BCUT2D eigenvalue weighted by atomic mass is 35.5. The fourth-order valence-corrected chi connectivity index (χ4v) is 1.74. The lowest BCUT2D eigenvalue weighted by molar-refractivity contribution is -0.384. The number of halogens is 1. The highest BCUT2D eigenvalue weighted by molar-refractivity contribution is 6.34. The van der Waals surface area contributed by atoms with Crippen LogP contribution in [0, 0.1) is 10.1 Å². The van der Waals surface area contributed by atoms with Gasteiger partial charge in [0.1, 0.15) is 0 Å². The Morgan fingerprint density at radius 1 is 1.45 bits per heavy atom. The van der Waals surface area contributed by atoms with Crippen molar-refractivity contribution in [1.29, 1.82) is 0 Å². The van der Waals surface area contributed by atoms with E-state index in [0.29, 0.717) is 0 Å². The third-order valence-electron chi connectivity index (χ3n) is 2.67. The van der Waals surface area contributed by atoms with Gasteiger partial charge in [0.15, 0.2) is 0 Å². The summed E-state index contributed by atoms with van der Waals surface area (Å²) < 4.78 is 0. The van der Waals surface area contributed by atoms with E-state index in [2.05, 4.69) is 5.32 Å². The maximum atomic E-state index is 12.3. The lowest BCUT2D eigenvalue weighted by atomic mass is 10.1. The van der Waals surface area contributed by atoms with Gasteiger partial charge in [-0.25, -0.2) is 0 Å². The Kier molecular flexibility index (Phi) is 5.45. The zero-order valence-corrected chi connectivity index (χ0v) is 11.8. The topological polar surface area (TPSA) is 92.6 Å². The van der Waals surface area contributed by atoms with E-state index in [1.807, 2.05) is 0 Å². The van der Waals surface area contributed by atoms with E-state index < -0.39 is 10.8 Å². The molecule has 108 valence electrons. The Morgan fingerprint density at radius 2 is 2.10 bits per heavy atom. The molecule has 0 aliphatic carbocycles. The lowest BCUT2D eigenvalue weighted by Crippen LogP contribution is -2.39. The molecule has 7 nitrogen and oxygen atoms in total. The number of hydrogen-bond acceptors (Lipinski definition) is 4. The molecule has 2 amide bonds. The molecular weight excluding hydrogens is 286 g/mol. The van der Waals surface area contributed by atoms with Gasteiger partial charge in [0.2, 0.25) is 5.91 Å². The van der Waals surface area contributed by atoms with Crippen LogP contribution in [0.15, 0.2) is 18.2 Å². The van der Waals surface area contributed by atoms with Gasteiger partial charge >= 0.3 is 0 Å². The normalized spacial score (nSPS) is 9.95. The van der Waals surface area contributed by atoms with Gasteiger partial charge in [0.05, 0.1) is 22.1 Å². The fourth-order valence-electron chi connectivity index (χ4n) is 1.54. The first-order valence-electron chi connectivity index (χ1n) is 5.84. The van der Waals surface area contributed by atoms with Crippen LogP contribution >= 0.6 is 11.6 Å². The molecule has 0 fully saturated rings. The molecule has 1 rings (SSSR count). The number of nitro groups is 1. The van der Waals surface area contributed by atoms with Crippen molar-refractivity contribution >= 4 is 29.1 Å². The van der Waals surface area contributed by atoms with Crippen molar-refractivity contribution in [2.45, 2.75) is 6.92 Å². The number of non-ortho nitro benzene ring substituents is 1. The predicted molar refractivity (Wildman–Crippen MR) is 73.8 cm³/mol. The Morgan fingerprint density at radius 3 is 2.60 bits per heavy atom. The molecule has 0 aliphatic heterocycles. The molecule has 0 aliphatic rings. The number of amides is 2. The Hall–Kier alpha value is -2.15. The van der Waals surface area contributed by atoms with Gasteiger partial charge in [-0.15, -0.1) is 0 Å². The maximum Gasteiger partial charge on any atom is 0.270 e. The van der Waals surface area contributed by atoms with E-state index in [0.717, 1.165) is 6.07 Å². The standard InChI is InChI=1S/C12H14ClN3O4/c1-3-15(7-11(17)14-2)12(18)9-6-8(16(19)20)4-5-10(9)13/h4-6H,3,7H2,1-2H3,(H,14,17). The number of likely N-dealkylation sites (N-methyl/N-ethyl adjacent to an activating group) is 2. The van der Waals surface area contributed by atoms with Crippen LogP contribution < -0.4 is 5.32 Å². The lowest BCUT2D eigenvalue weighted by Gasteiger charge is -2.20. The number of carbonyl (C=O) groups excluding carboxylic acids is 2. The first-order chi connectivity index (χ1) is 9.40. The molecule has 1 N–H and O–H groups in total. The Labute approximate surface area is 120 Å². The number of benzene rings is 1. The minimum atomic E-state index is -0.609. The van der Waals surface area contributed by atoms with Gasteiger partial charge in [-0.3, -0.25) is 19.7 Å². The highest BCUT2D eigenvalue weighted by Gasteiger charge is 2.21. The van der Waals surface area contributed by atoms with Crippen molar-refractivity contribution < 1.29 is 14.5 Å². The van der Waals surface area contributed by atoms with Crippen LogP contribution in [0.5, 0.6) is 0 Å². The second-order valence-corrected chi connectivity index (χ2v) is 4.32. The molecule has 0 bridgehead atoms. The monoisotopic (exact) mass is 299 g/mol. The molecule has 1 aromatic rings. The Balaban J connectivity index is 3.08. The number of nitrogens with one attached hydrogen (secondary N) is 1. The van der Waals surface area contributed by atoms with Gasteiger partial charge in [-0.2, -0.15) is 0 Å². The average molecular weight is 300 g/mol. The molecule has 0 heterocycles. The fraction of sp³-hybridized carbons (Fsp3) is 0.333. The zero-order valence-electron chi connectivity index (χ0n) is 11.1. The summed E-state index contributed by atoms with van der Waals surface area (Å²) in [6, 6.07) is 3.62. The quantitative estimate of drug-likeness (QED) is 0.658. The predicted octanol–water partition coefficient (Wildman–Crippen LogP) is 1.46. The van der Waals surface area contributed by atoms with Crippen LogP contribution in [0.1, 0.15) is 17.3 Å². The van der Waals surface area contributed by atoms with Gasteiger partial charge in [0.25, 0.3) is 11.6 Å². The van der Waals surface area contributed by atoms with Crippen molar-refractivity contribution in [3.8, 4) is 0 Å². The smallest absolute Gasteiger partial charge is 0.270 e. The molecule has 0 spiro atoms. The maximum absolute atomic E-state index is 12.3. The van der Waals surface area contributed by atoms with Crippen molar-refractivity contribution in [3.63, 3.8) is 0 Å². The SMILES string of the molecule is CCN(CC(=O)NC)C(=O)c1cc([N+](=O)[O-])ccc1Cl. The van der Waals surface area contributed by atoms with Crippen LogP contribution in [0.3, 0.4) is 0 Å². The minimum absolute atomic E-state index is 0.00613. The van der Waals surface area contributed by atoms with Crippen LogP contribution in [-0.4, -0.2) is 41.8 Å². The molecule has 0 saturated carbocycles. The molecule has 8 heteroatoms. The molecule has 0 aromatic heterocycles. The van der Waals surface area contributed by atoms with Crippen LogP contribution in [-0.2, 0) is 4.79 Å². The highest BCUT2D eigenvalue weighted by Crippen LogP contribution is 2.23. The second-order valence-electron chi connectivity index (χ2n) is 3.91. The molecular formula is C12H14ClN3O4. The summed E-state index contributed by atoms with van der Waals surface area (Å²) in [7, 11) is 1.46. The van der Waals surface area contributed by atoms with E-state index in [4.69, 9.17) is 11.6 Å². The summed E-state index contributed by atoms with van der Waals surface area (Å²) in [6.45, 7) is 1.85. The van der Waals surface area contributed by atoms with Gasteiger partial charge in [-0.05, 0) is 13.0 Å². The molecule has 20 heavy (non-hydrogen) atoms. The summed E-state index contributed by atoms with van der Waals surface area (Å²) in [6.07, 6.45) is 0. The molecule has 0 saturated heterocycles. The largest absolute Gasteiger partial charge is 0.358 e. The molecule has 0 atom stereocenters. The third kappa shape index (κ3) is 3.67. The first kappa shape index (κ1) is 15.9. The number of rotatable bonds is 5. The summed E-state index contributed by atoms with van der Waals surface area (Å²) in [5.41, 5.74) is -0.222. The zero-order chi connectivity index (χ0) is 15.3. The van der Waals surface area contributed by atoms with Crippen molar-refractivity contribution in [1.82, 2.24) is 10.2 Å². The third-order valence-corrected chi connectivity index (χ3v) is 3.00. The van der Waals surface area contributed by atoms with Crippen LogP contribution in [0.25, 0.3) is 0 Å². The summed E-state index contributed by atoms with van der Waals surface area (Å²) in [4.78, 5) is 35.0. The average Bonchev–Trinajstić information content (AvgIpc) is 2.43. The summed E-state index contributed by atoms with van der Waals surface area (Å²) in [5.74, 6) is -0.855. The first-order valence-corrected chi connectivity index (χ1v) is 6.22. The van der Waals surface area contributed by atoms with Gasteiger partial charge in [-0.1, -0.05) is 11.6 Å². The number of nitro benzene ring substituents is 1. The Bertz CT molecular complexity index is 548. The minimum Gasteiger partial charge on any atom is -0.358 e. The molecule has 0 radical (unpaired) electrons. The number of nitrogens with zero attached hydrogens (tertiary/aromatic N) is 2. The summed E-state index contributed by atoms with van der Waals surface area (Å²) in [5, 5.41) is 13.2. The van der Waals surface area contributed by atoms with E-state index in [-0.39, 0.29) is 35.3 Å². The number of hydrogen-bond donors (Lipinski definition) is 1. The van der Waals surface area contributed by atoms with Gasteiger partial charge < -0.3 is 10.2 Å². The van der Waals surface area contributed by atoms with E-state index in [1.165, 1.54) is 24.1 Å². The summed E-state index contributed by atoms with van der Waals surface area (Å²) >= 11 is 5.90. The molecule has 0 unspecified atom stereocenters. The van der Waals surface area contributed by atoms with E-state index in [1.54, 1.807) is 6.92 Å². The van der Waals surface area contributed by atoms with Gasteiger partial charge in [0, 0.05) is 25.7 Å². The number of carbonyl (C=O) groups is 2. The van der Waals surface area contributed by atoms with E-state index >= 15 is 0 Å². The van der Waals surface area contributed by atoms with Crippen molar-refractivity contribution in [2.24, 2.45) is 0 Å². The van der Waals surface area contributed by atoms with Crippen molar-refractivity contribution in [3.05, 3.63) is 38.9 Å².